The molecule has 0 radical (unpaired) electrons. The number of aliphatic hydroxyl groups excluding tert-OH is 1. The number of hydrogen-bond acceptors (Lipinski definition) is 5. The molecule has 1 fully saturated rings. The molecule has 5 nitrogen and oxygen atoms in total. The van der Waals surface area contributed by atoms with E-state index in [2.05, 4.69) is 0 Å². The van der Waals surface area contributed by atoms with Gasteiger partial charge >= 0.3 is 5.97 Å². The first-order valence-electron chi connectivity index (χ1n) is 5.76. The van der Waals surface area contributed by atoms with Gasteiger partial charge in [0.2, 0.25) is 0 Å². The van der Waals surface area contributed by atoms with E-state index in [1.54, 1.807) is 0 Å². The summed E-state index contributed by atoms with van der Waals surface area (Å²) in [4.78, 5) is 11.5. The molecule has 1 aliphatic rings. The third-order valence-corrected chi connectivity index (χ3v) is 2.44. The van der Waals surface area contributed by atoms with Crippen LogP contribution in [0, 0.1) is 0 Å². The zero-order valence-electron chi connectivity index (χ0n) is 9.85. The first-order valence-corrected chi connectivity index (χ1v) is 5.76. The van der Waals surface area contributed by atoms with E-state index >= 15 is 0 Å². The van der Waals surface area contributed by atoms with Crippen molar-refractivity contribution in [1.29, 1.82) is 0 Å². The number of ether oxygens (including phenoxy) is 3. The van der Waals surface area contributed by atoms with Crippen molar-refractivity contribution in [3.63, 3.8) is 0 Å². The number of aliphatic hydroxyl groups is 1. The van der Waals surface area contributed by atoms with Crippen molar-refractivity contribution in [1.82, 2.24) is 0 Å². The molecule has 1 rings (SSSR count). The fraction of sp³-hybridized carbons (Fsp3) is 0.909. The van der Waals surface area contributed by atoms with Crippen LogP contribution in [0.1, 0.15) is 26.7 Å². The maximum atomic E-state index is 11.5. The summed E-state index contributed by atoms with van der Waals surface area (Å²) in [6, 6.07) is 0. The molecule has 0 aromatic carbocycles. The van der Waals surface area contributed by atoms with Crippen LogP contribution in [-0.2, 0) is 19.0 Å². The average Bonchev–Trinajstić information content (AvgIpc) is 2.29. The van der Waals surface area contributed by atoms with Crippen molar-refractivity contribution < 1.29 is 24.1 Å². The molecule has 3 atom stereocenters. The Hall–Kier alpha value is -0.650. The Morgan fingerprint density at radius 2 is 2.25 bits per heavy atom. The van der Waals surface area contributed by atoms with Crippen LogP contribution >= 0.6 is 0 Å². The summed E-state index contributed by atoms with van der Waals surface area (Å²) < 4.78 is 15.5. The molecule has 5 heteroatoms. The van der Waals surface area contributed by atoms with E-state index in [1.165, 1.54) is 0 Å². The molecule has 1 saturated heterocycles. The van der Waals surface area contributed by atoms with Crippen molar-refractivity contribution >= 4 is 5.97 Å². The lowest BCUT2D eigenvalue weighted by atomic mass is 10.0. The Balaban J connectivity index is 2.35. The summed E-state index contributed by atoms with van der Waals surface area (Å²) in [5.74, 6) is -0.393. The predicted octanol–water partition coefficient (Wildman–Crippen LogP) is 0.495. The van der Waals surface area contributed by atoms with E-state index in [0.29, 0.717) is 13.2 Å². The summed E-state index contributed by atoms with van der Waals surface area (Å²) in [7, 11) is 0. The van der Waals surface area contributed by atoms with E-state index in [-0.39, 0.29) is 19.1 Å². The minimum absolute atomic E-state index is 0.237. The van der Waals surface area contributed by atoms with Crippen LogP contribution in [-0.4, -0.2) is 49.2 Å². The molecule has 0 aromatic heterocycles. The highest BCUT2D eigenvalue weighted by Gasteiger charge is 2.34. The molecule has 0 aliphatic carbocycles. The van der Waals surface area contributed by atoms with Crippen LogP contribution in [0.5, 0.6) is 0 Å². The maximum Gasteiger partial charge on any atom is 0.335 e. The maximum absolute atomic E-state index is 11.5. The van der Waals surface area contributed by atoms with Gasteiger partial charge in [-0.25, -0.2) is 4.79 Å². The van der Waals surface area contributed by atoms with E-state index in [0.717, 1.165) is 6.42 Å². The van der Waals surface area contributed by atoms with E-state index in [1.807, 2.05) is 13.8 Å². The minimum Gasteiger partial charge on any atom is -0.464 e. The lowest BCUT2D eigenvalue weighted by Crippen LogP contribution is -2.46. The molecule has 1 heterocycles. The molecule has 0 saturated carbocycles. The van der Waals surface area contributed by atoms with Crippen molar-refractivity contribution in [2.24, 2.45) is 0 Å². The van der Waals surface area contributed by atoms with Gasteiger partial charge in [0, 0.05) is 13.0 Å². The summed E-state index contributed by atoms with van der Waals surface area (Å²) in [5, 5.41) is 9.73. The van der Waals surface area contributed by atoms with Crippen molar-refractivity contribution in [2.45, 2.75) is 45.0 Å². The molecule has 0 bridgehead atoms. The van der Waals surface area contributed by atoms with Crippen LogP contribution in [0.2, 0.25) is 0 Å². The van der Waals surface area contributed by atoms with Gasteiger partial charge in [0.25, 0.3) is 0 Å². The standard InChI is InChI=1S/C11H20O5/c1-3-5-15-11(13)9-6-8(12)10(7-16-9)14-4-2/h8-10,12H,3-7H2,1-2H3. The molecule has 1 N–H and O–H groups in total. The third-order valence-electron chi connectivity index (χ3n) is 2.44. The fourth-order valence-corrected chi connectivity index (χ4v) is 1.59. The number of hydrogen-bond donors (Lipinski definition) is 1. The molecule has 3 unspecified atom stereocenters. The lowest BCUT2D eigenvalue weighted by molar-refractivity contribution is -0.180. The third kappa shape index (κ3) is 3.73. The topological polar surface area (TPSA) is 65.0 Å². The van der Waals surface area contributed by atoms with Crippen LogP contribution in [0.4, 0.5) is 0 Å². The van der Waals surface area contributed by atoms with Gasteiger partial charge in [-0.15, -0.1) is 0 Å². The van der Waals surface area contributed by atoms with Crippen LogP contribution in [0.25, 0.3) is 0 Å². The lowest BCUT2D eigenvalue weighted by Gasteiger charge is -2.31. The smallest absolute Gasteiger partial charge is 0.335 e. The summed E-state index contributed by atoms with van der Waals surface area (Å²) in [5.41, 5.74) is 0. The van der Waals surface area contributed by atoms with Gasteiger partial charge < -0.3 is 19.3 Å². The molecule has 0 spiro atoms. The van der Waals surface area contributed by atoms with E-state index in [4.69, 9.17) is 14.2 Å². The van der Waals surface area contributed by atoms with Crippen molar-refractivity contribution in [3.8, 4) is 0 Å². The van der Waals surface area contributed by atoms with Crippen LogP contribution in [0.15, 0.2) is 0 Å². The van der Waals surface area contributed by atoms with Crippen molar-refractivity contribution in [2.75, 3.05) is 19.8 Å². The Labute approximate surface area is 95.7 Å². The van der Waals surface area contributed by atoms with Gasteiger partial charge in [-0.3, -0.25) is 0 Å². The number of rotatable bonds is 5. The second-order valence-corrected chi connectivity index (χ2v) is 3.79. The molecule has 1 aliphatic heterocycles. The predicted molar refractivity (Wildman–Crippen MR) is 57.0 cm³/mol. The second kappa shape index (κ2) is 6.83. The normalized spacial score (nSPS) is 30.1. The van der Waals surface area contributed by atoms with Gasteiger partial charge in [-0.2, -0.15) is 0 Å². The highest BCUT2D eigenvalue weighted by Crippen LogP contribution is 2.18. The van der Waals surface area contributed by atoms with Gasteiger partial charge in [0.1, 0.15) is 6.10 Å². The molecular formula is C11H20O5. The van der Waals surface area contributed by atoms with Gasteiger partial charge in [-0.1, -0.05) is 6.92 Å². The number of carbonyl (C=O) groups is 1. The molecule has 16 heavy (non-hydrogen) atoms. The second-order valence-electron chi connectivity index (χ2n) is 3.79. The molecule has 0 amide bonds. The largest absolute Gasteiger partial charge is 0.464 e. The SMILES string of the molecule is CCCOC(=O)C1CC(O)C(OCC)CO1. The Kier molecular flexibility index (Phi) is 5.73. The zero-order valence-corrected chi connectivity index (χ0v) is 9.85. The fourth-order valence-electron chi connectivity index (χ4n) is 1.59. The van der Waals surface area contributed by atoms with Gasteiger partial charge in [-0.05, 0) is 13.3 Å². The summed E-state index contributed by atoms with van der Waals surface area (Å²) in [6.45, 7) is 4.93. The first-order chi connectivity index (χ1) is 7.69. The summed E-state index contributed by atoms with van der Waals surface area (Å²) >= 11 is 0. The van der Waals surface area contributed by atoms with Gasteiger partial charge in [0.05, 0.1) is 19.3 Å². The number of carbonyl (C=O) groups excluding carboxylic acids is 1. The van der Waals surface area contributed by atoms with Crippen LogP contribution < -0.4 is 0 Å². The average molecular weight is 232 g/mol. The number of esters is 1. The molecule has 0 aromatic rings. The van der Waals surface area contributed by atoms with Crippen molar-refractivity contribution in [3.05, 3.63) is 0 Å². The highest BCUT2D eigenvalue weighted by atomic mass is 16.6. The zero-order chi connectivity index (χ0) is 12.0. The van der Waals surface area contributed by atoms with E-state index in [9.17, 15) is 9.90 Å². The monoisotopic (exact) mass is 232 g/mol. The Morgan fingerprint density at radius 1 is 1.50 bits per heavy atom. The first kappa shape index (κ1) is 13.4. The highest BCUT2D eigenvalue weighted by molar-refractivity contribution is 5.74. The van der Waals surface area contributed by atoms with Gasteiger partial charge in [0.15, 0.2) is 6.10 Å². The summed E-state index contributed by atoms with van der Waals surface area (Å²) in [6.07, 6.45) is -0.623. The van der Waals surface area contributed by atoms with E-state index < -0.39 is 18.2 Å². The Bertz CT molecular complexity index is 218. The molecule has 94 valence electrons. The molecular weight excluding hydrogens is 212 g/mol. The van der Waals surface area contributed by atoms with Crippen LogP contribution in [0.3, 0.4) is 0 Å². The Morgan fingerprint density at radius 3 is 2.81 bits per heavy atom. The quantitative estimate of drug-likeness (QED) is 0.699. The minimum atomic E-state index is -0.659.